The Labute approximate surface area is 142 Å². The van der Waals surface area contributed by atoms with Crippen LogP contribution in [0.1, 0.15) is 21.7 Å². The van der Waals surface area contributed by atoms with Gasteiger partial charge in [-0.15, -0.1) is 0 Å². The first-order chi connectivity index (χ1) is 11.7. The van der Waals surface area contributed by atoms with Gasteiger partial charge >= 0.3 is 12.4 Å². The van der Waals surface area contributed by atoms with E-state index in [1.54, 1.807) is 0 Å². The number of carbonyl (C=O) groups excluding carboxylic acids is 1. The summed E-state index contributed by atoms with van der Waals surface area (Å²) in [4.78, 5) is 11.9. The topological polar surface area (TPSA) is 76.4 Å². The van der Waals surface area contributed by atoms with Crippen LogP contribution in [0.25, 0.3) is 0 Å². The van der Waals surface area contributed by atoms with Crippen molar-refractivity contribution in [1.29, 1.82) is 0 Å². The van der Waals surface area contributed by atoms with Crippen molar-refractivity contribution in [3.05, 3.63) is 47.2 Å². The Hall–Kier alpha value is -2.50. The third-order valence-corrected chi connectivity index (χ3v) is 3.97. The summed E-state index contributed by atoms with van der Waals surface area (Å²) in [6.45, 7) is 0. The third-order valence-electron chi connectivity index (χ3n) is 3.02. The van der Waals surface area contributed by atoms with Crippen molar-refractivity contribution in [3.8, 4) is 0 Å². The number of sulfone groups is 1. The van der Waals surface area contributed by atoms with Crippen LogP contribution in [0.3, 0.4) is 0 Å². The third kappa shape index (κ3) is 4.56. The molecule has 0 spiro atoms. The summed E-state index contributed by atoms with van der Waals surface area (Å²) in [6.07, 6.45) is -9.36. The van der Waals surface area contributed by atoms with E-state index in [2.05, 4.69) is 0 Å². The second kappa shape index (κ2) is 6.34. The summed E-state index contributed by atoms with van der Waals surface area (Å²) < 4.78 is 104. The molecule has 0 saturated heterocycles. The summed E-state index contributed by atoms with van der Waals surface area (Å²) in [7, 11) is -3.78. The molecule has 0 unspecified atom stereocenters. The Morgan fingerprint density at radius 1 is 0.962 bits per heavy atom. The molecule has 2 aromatic rings. The van der Waals surface area contributed by atoms with Gasteiger partial charge in [-0.2, -0.15) is 26.3 Å². The molecule has 1 heterocycles. The minimum atomic E-state index is -5.07. The van der Waals surface area contributed by atoms with Crippen molar-refractivity contribution >= 4 is 21.4 Å². The lowest BCUT2D eigenvalue weighted by Gasteiger charge is -2.14. The van der Waals surface area contributed by atoms with Crippen molar-refractivity contribution in [2.24, 2.45) is 0 Å². The summed E-state index contributed by atoms with van der Waals surface area (Å²) in [6, 6.07) is 2.38. The number of rotatable bonds is 3. The fourth-order valence-electron chi connectivity index (χ4n) is 1.86. The summed E-state index contributed by atoms with van der Waals surface area (Å²) in [5.41, 5.74) is -4.01. The lowest BCUT2D eigenvalue weighted by Crippen LogP contribution is -2.15. The molecule has 2 rings (SSSR count). The summed E-state index contributed by atoms with van der Waals surface area (Å²) in [5, 5.41) is 1.24. The van der Waals surface area contributed by atoms with Gasteiger partial charge in [-0.1, -0.05) is 0 Å². The van der Waals surface area contributed by atoms with E-state index in [0.29, 0.717) is 12.1 Å². The maximum atomic E-state index is 12.8. The Kier molecular flexibility index (Phi) is 4.83. The molecule has 1 N–H and O–H groups in total. The van der Waals surface area contributed by atoms with Crippen LogP contribution in [0.15, 0.2) is 39.8 Å². The molecular formula is C14H9F6NO4S. The van der Waals surface area contributed by atoms with E-state index in [0.717, 1.165) is 18.4 Å². The molecule has 26 heavy (non-hydrogen) atoms. The van der Waals surface area contributed by atoms with Crippen LogP contribution in [0.2, 0.25) is 0 Å². The van der Waals surface area contributed by atoms with Gasteiger partial charge in [0.2, 0.25) is 14.9 Å². The lowest BCUT2D eigenvalue weighted by atomic mass is 10.1. The fourth-order valence-corrected chi connectivity index (χ4v) is 2.42. The standard InChI is InChI=1S/C14H9F6NO4S/c1-26(23,24)11-3-2-10(25-11)12(22)21-9-5-7(13(15,16)17)4-8(6-9)14(18,19)20/h2-6H,1H3,(H,21,22). The maximum Gasteiger partial charge on any atom is 0.416 e. The molecule has 1 amide bonds. The second-order valence-corrected chi connectivity index (χ2v) is 7.09. The van der Waals surface area contributed by atoms with Crippen molar-refractivity contribution in [1.82, 2.24) is 0 Å². The molecular weight excluding hydrogens is 392 g/mol. The van der Waals surface area contributed by atoms with E-state index < -0.39 is 55.8 Å². The molecule has 0 fully saturated rings. The zero-order valence-corrected chi connectivity index (χ0v) is 13.5. The molecule has 0 aliphatic carbocycles. The average molecular weight is 401 g/mol. The first-order valence-electron chi connectivity index (χ1n) is 6.58. The van der Waals surface area contributed by atoms with Crippen LogP contribution in [-0.2, 0) is 22.2 Å². The van der Waals surface area contributed by atoms with Gasteiger partial charge in [0.15, 0.2) is 5.76 Å². The van der Waals surface area contributed by atoms with Gasteiger partial charge in [-0.25, -0.2) is 8.42 Å². The number of amides is 1. The summed E-state index contributed by atoms with van der Waals surface area (Å²) >= 11 is 0. The van der Waals surface area contributed by atoms with Gasteiger partial charge in [0, 0.05) is 11.9 Å². The Morgan fingerprint density at radius 3 is 1.85 bits per heavy atom. The van der Waals surface area contributed by atoms with Crippen LogP contribution in [0.5, 0.6) is 0 Å². The minimum absolute atomic E-state index is 0.0929. The number of hydrogen-bond acceptors (Lipinski definition) is 4. The van der Waals surface area contributed by atoms with Crippen LogP contribution < -0.4 is 5.32 Å². The van der Waals surface area contributed by atoms with Crippen molar-refractivity contribution in [2.45, 2.75) is 17.4 Å². The molecule has 0 bridgehead atoms. The largest absolute Gasteiger partial charge is 0.440 e. The Bertz CT molecular complexity index is 911. The SMILES string of the molecule is CS(=O)(=O)c1ccc(C(=O)Nc2cc(C(F)(F)F)cc(C(F)(F)F)c2)o1. The number of halogens is 6. The highest BCUT2D eigenvalue weighted by atomic mass is 32.2. The maximum absolute atomic E-state index is 12.8. The molecule has 0 aliphatic heterocycles. The molecule has 0 saturated carbocycles. The van der Waals surface area contributed by atoms with Gasteiger partial charge in [0.25, 0.3) is 5.91 Å². The zero-order chi connectivity index (χ0) is 19.9. The second-order valence-electron chi connectivity index (χ2n) is 5.14. The normalized spacial score (nSPS) is 12.9. The van der Waals surface area contributed by atoms with Gasteiger partial charge in [0.05, 0.1) is 11.1 Å². The number of carbonyl (C=O) groups is 1. The van der Waals surface area contributed by atoms with E-state index in [4.69, 9.17) is 4.42 Å². The lowest BCUT2D eigenvalue weighted by molar-refractivity contribution is -0.143. The smallest absolute Gasteiger partial charge is 0.416 e. The highest BCUT2D eigenvalue weighted by Gasteiger charge is 2.37. The van der Waals surface area contributed by atoms with E-state index in [9.17, 15) is 39.6 Å². The first-order valence-corrected chi connectivity index (χ1v) is 8.48. The van der Waals surface area contributed by atoms with Crippen molar-refractivity contribution in [2.75, 3.05) is 11.6 Å². The van der Waals surface area contributed by atoms with Crippen LogP contribution >= 0.6 is 0 Å². The van der Waals surface area contributed by atoms with Crippen LogP contribution in [-0.4, -0.2) is 20.6 Å². The molecule has 1 aromatic heterocycles. The quantitative estimate of drug-likeness (QED) is 0.790. The predicted molar refractivity (Wildman–Crippen MR) is 76.2 cm³/mol. The highest BCUT2D eigenvalue weighted by Crippen LogP contribution is 2.37. The predicted octanol–water partition coefficient (Wildman–Crippen LogP) is 3.97. The van der Waals surface area contributed by atoms with E-state index in [-0.39, 0.29) is 6.07 Å². The number of benzene rings is 1. The van der Waals surface area contributed by atoms with Gasteiger partial charge < -0.3 is 9.73 Å². The molecule has 12 heteroatoms. The zero-order valence-electron chi connectivity index (χ0n) is 12.7. The number of anilines is 1. The Balaban J connectivity index is 2.39. The number of furan rings is 1. The number of alkyl halides is 6. The minimum Gasteiger partial charge on any atom is -0.440 e. The molecule has 142 valence electrons. The average Bonchev–Trinajstić information content (AvgIpc) is 2.95. The van der Waals surface area contributed by atoms with Crippen molar-refractivity contribution < 1.29 is 44.0 Å². The van der Waals surface area contributed by atoms with Crippen LogP contribution in [0, 0.1) is 0 Å². The van der Waals surface area contributed by atoms with Crippen molar-refractivity contribution in [3.63, 3.8) is 0 Å². The molecule has 1 aromatic carbocycles. The number of hydrogen-bond donors (Lipinski definition) is 1. The highest BCUT2D eigenvalue weighted by molar-refractivity contribution is 7.90. The summed E-state index contributed by atoms with van der Waals surface area (Å²) in [5.74, 6) is -1.82. The Morgan fingerprint density at radius 2 is 1.46 bits per heavy atom. The monoisotopic (exact) mass is 401 g/mol. The fraction of sp³-hybridized carbons (Fsp3) is 0.214. The van der Waals surface area contributed by atoms with Gasteiger partial charge in [-0.3, -0.25) is 4.79 Å². The van der Waals surface area contributed by atoms with Crippen LogP contribution in [0.4, 0.5) is 32.0 Å². The number of nitrogens with one attached hydrogen (secondary N) is 1. The molecule has 5 nitrogen and oxygen atoms in total. The molecule has 0 radical (unpaired) electrons. The van der Waals surface area contributed by atoms with Gasteiger partial charge in [0.1, 0.15) is 0 Å². The van der Waals surface area contributed by atoms with E-state index >= 15 is 0 Å². The molecule has 0 aliphatic rings. The molecule has 0 atom stereocenters. The van der Waals surface area contributed by atoms with E-state index in [1.165, 1.54) is 0 Å². The first kappa shape index (κ1) is 19.8. The van der Waals surface area contributed by atoms with Gasteiger partial charge in [-0.05, 0) is 30.3 Å². The van der Waals surface area contributed by atoms with E-state index in [1.807, 2.05) is 5.32 Å².